The number of rotatable bonds is 4. The molecular formula is C29H34Cl2F3N7O3. The Morgan fingerprint density at radius 1 is 1.05 bits per heavy atom. The molecule has 4 heterocycles. The van der Waals surface area contributed by atoms with Crippen LogP contribution in [-0.4, -0.2) is 85.9 Å². The summed E-state index contributed by atoms with van der Waals surface area (Å²) in [6, 6.07) is 3.45. The van der Waals surface area contributed by atoms with Gasteiger partial charge < -0.3 is 14.5 Å². The SMILES string of the molecule is CC(c1ccc(Cl)cc1Cl)n1nc(C(F)(F)F)c2ncc(N3CCN(C(=O)[C@H]4CCCCN4C(=O)OC(C)(C)C)CC3)nc21. The Kier molecular flexibility index (Phi) is 8.92. The maximum absolute atomic E-state index is 13.9. The van der Waals surface area contributed by atoms with Crippen LogP contribution in [0, 0.1) is 0 Å². The molecule has 5 rings (SSSR count). The summed E-state index contributed by atoms with van der Waals surface area (Å²) in [5.41, 5.74) is -1.70. The van der Waals surface area contributed by atoms with Crippen molar-refractivity contribution in [2.75, 3.05) is 37.6 Å². The Labute approximate surface area is 263 Å². The van der Waals surface area contributed by atoms with Crippen LogP contribution in [0.5, 0.6) is 0 Å². The number of halogens is 5. The smallest absolute Gasteiger partial charge is 0.437 e. The third kappa shape index (κ3) is 6.68. The van der Waals surface area contributed by atoms with Crippen molar-refractivity contribution < 1.29 is 27.5 Å². The van der Waals surface area contributed by atoms with Gasteiger partial charge in [-0.3, -0.25) is 9.69 Å². The molecule has 44 heavy (non-hydrogen) atoms. The summed E-state index contributed by atoms with van der Waals surface area (Å²) in [5, 5.41) is 4.56. The van der Waals surface area contributed by atoms with Gasteiger partial charge in [-0.1, -0.05) is 29.3 Å². The van der Waals surface area contributed by atoms with Gasteiger partial charge in [0, 0.05) is 42.8 Å². The van der Waals surface area contributed by atoms with E-state index in [9.17, 15) is 22.8 Å². The normalized spacial score (nSPS) is 18.9. The molecule has 2 saturated heterocycles. The highest BCUT2D eigenvalue weighted by Gasteiger charge is 2.40. The summed E-state index contributed by atoms with van der Waals surface area (Å²) in [6.45, 7) is 8.94. The van der Waals surface area contributed by atoms with Gasteiger partial charge in [0.05, 0.1) is 12.2 Å². The van der Waals surface area contributed by atoms with Gasteiger partial charge in [-0.25, -0.2) is 19.4 Å². The standard InChI is InChI=1S/C29H34Cl2F3N7O3/c1-17(19-9-8-18(30)15-20(19)31)41-25-23(24(37-41)29(32,33)34)35-16-22(36-25)38-11-13-39(14-12-38)26(42)21-7-5-6-10-40(21)27(43)44-28(2,3)4/h8-9,15-17,21H,5-7,10-14H2,1-4H3/t17?,21-/m1/s1. The number of ether oxygens (including phenoxy) is 1. The number of nitrogens with zero attached hydrogens (tertiary/aromatic N) is 7. The largest absolute Gasteiger partial charge is 0.444 e. The Bertz CT molecular complexity index is 1550. The van der Waals surface area contributed by atoms with E-state index in [0.29, 0.717) is 55.5 Å². The van der Waals surface area contributed by atoms with Crippen molar-refractivity contribution in [3.8, 4) is 0 Å². The van der Waals surface area contributed by atoms with Crippen LogP contribution in [0.2, 0.25) is 10.0 Å². The molecule has 0 N–H and O–H groups in total. The van der Waals surface area contributed by atoms with Crippen LogP contribution >= 0.6 is 23.2 Å². The highest BCUT2D eigenvalue weighted by molar-refractivity contribution is 6.35. The molecule has 10 nitrogen and oxygen atoms in total. The minimum atomic E-state index is -4.75. The molecule has 1 aromatic carbocycles. The fourth-order valence-corrected chi connectivity index (χ4v) is 6.15. The fourth-order valence-electron chi connectivity index (χ4n) is 5.58. The van der Waals surface area contributed by atoms with Crippen molar-refractivity contribution in [2.45, 2.75) is 70.8 Å². The van der Waals surface area contributed by atoms with Crippen molar-refractivity contribution in [1.82, 2.24) is 29.5 Å². The second-order valence-corrected chi connectivity index (χ2v) is 12.9. The molecule has 0 saturated carbocycles. The highest BCUT2D eigenvalue weighted by Crippen LogP contribution is 2.36. The molecule has 2 fully saturated rings. The lowest BCUT2D eigenvalue weighted by Gasteiger charge is -2.41. The topological polar surface area (TPSA) is 96.7 Å². The Morgan fingerprint density at radius 3 is 2.39 bits per heavy atom. The number of anilines is 1. The van der Waals surface area contributed by atoms with Gasteiger partial charge in [-0.15, -0.1) is 0 Å². The molecule has 15 heteroatoms. The van der Waals surface area contributed by atoms with E-state index in [4.69, 9.17) is 27.9 Å². The van der Waals surface area contributed by atoms with Crippen molar-refractivity contribution in [3.63, 3.8) is 0 Å². The molecule has 0 radical (unpaired) electrons. The Hall–Kier alpha value is -3.32. The van der Waals surface area contributed by atoms with Crippen LogP contribution in [0.3, 0.4) is 0 Å². The first-order valence-electron chi connectivity index (χ1n) is 14.4. The van der Waals surface area contributed by atoms with E-state index in [1.165, 1.54) is 21.8 Å². The average molecular weight is 657 g/mol. The minimum Gasteiger partial charge on any atom is -0.444 e. The number of fused-ring (bicyclic) bond motifs is 1. The molecule has 2 aliphatic heterocycles. The van der Waals surface area contributed by atoms with E-state index >= 15 is 0 Å². The predicted molar refractivity (Wildman–Crippen MR) is 160 cm³/mol. The van der Waals surface area contributed by atoms with Gasteiger partial charge in [0.25, 0.3) is 0 Å². The third-order valence-corrected chi connectivity index (χ3v) is 8.33. The van der Waals surface area contributed by atoms with Crippen LogP contribution in [0.15, 0.2) is 24.4 Å². The molecular weight excluding hydrogens is 622 g/mol. The van der Waals surface area contributed by atoms with Gasteiger partial charge in [0.2, 0.25) is 5.91 Å². The number of piperazine rings is 1. The van der Waals surface area contributed by atoms with Gasteiger partial charge in [-0.05, 0) is 64.7 Å². The summed E-state index contributed by atoms with van der Waals surface area (Å²) in [6.07, 6.45) is -1.76. The van der Waals surface area contributed by atoms with Gasteiger partial charge in [0.1, 0.15) is 23.0 Å². The Morgan fingerprint density at radius 2 is 1.75 bits per heavy atom. The number of benzene rings is 1. The lowest BCUT2D eigenvalue weighted by Crippen LogP contribution is -2.57. The highest BCUT2D eigenvalue weighted by atomic mass is 35.5. The molecule has 3 aromatic rings. The van der Waals surface area contributed by atoms with Crippen LogP contribution < -0.4 is 4.90 Å². The molecule has 2 amide bonds. The fraction of sp³-hybridized carbons (Fsp3) is 0.552. The zero-order valence-electron chi connectivity index (χ0n) is 24.9. The van der Waals surface area contributed by atoms with Gasteiger partial charge in [0.15, 0.2) is 11.3 Å². The van der Waals surface area contributed by atoms with Crippen LogP contribution in [0.25, 0.3) is 11.2 Å². The van der Waals surface area contributed by atoms with Gasteiger partial charge >= 0.3 is 12.3 Å². The van der Waals surface area contributed by atoms with Crippen molar-refractivity contribution in [1.29, 1.82) is 0 Å². The number of piperidine rings is 1. The van der Waals surface area contributed by atoms with Crippen molar-refractivity contribution in [2.24, 2.45) is 0 Å². The lowest BCUT2D eigenvalue weighted by molar-refractivity contribution is -0.140. The second-order valence-electron chi connectivity index (χ2n) is 12.0. The summed E-state index contributed by atoms with van der Waals surface area (Å²) in [4.78, 5) is 40.2. The maximum atomic E-state index is 13.9. The van der Waals surface area contributed by atoms with Crippen molar-refractivity contribution in [3.05, 3.63) is 45.7 Å². The average Bonchev–Trinajstić information content (AvgIpc) is 3.35. The maximum Gasteiger partial charge on any atom is 0.437 e. The first kappa shape index (κ1) is 32.1. The lowest BCUT2D eigenvalue weighted by atomic mass is 10.0. The molecule has 0 aliphatic carbocycles. The summed E-state index contributed by atoms with van der Waals surface area (Å²) in [5.74, 6) is 0.222. The molecule has 2 aromatic heterocycles. The second kappa shape index (κ2) is 12.2. The van der Waals surface area contributed by atoms with Crippen molar-refractivity contribution >= 4 is 52.2 Å². The molecule has 0 spiro atoms. The third-order valence-electron chi connectivity index (χ3n) is 7.77. The van der Waals surface area contributed by atoms with E-state index in [0.717, 1.165) is 12.8 Å². The minimum absolute atomic E-state index is 0.0398. The van der Waals surface area contributed by atoms with Crippen LogP contribution in [0.4, 0.5) is 23.8 Å². The first-order chi connectivity index (χ1) is 20.6. The number of hydrogen-bond acceptors (Lipinski definition) is 7. The number of alkyl halides is 3. The Balaban J connectivity index is 1.36. The van der Waals surface area contributed by atoms with E-state index in [1.54, 1.807) is 44.7 Å². The van der Waals surface area contributed by atoms with Crippen LogP contribution in [0.1, 0.15) is 64.3 Å². The first-order valence-corrected chi connectivity index (χ1v) is 15.2. The zero-order chi connectivity index (χ0) is 32.0. The molecule has 1 unspecified atom stereocenters. The number of hydrogen-bond donors (Lipinski definition) is 0. The van der Waals surface area contributed by atoms with Gasteiger partial charge in [-0.2, -0.15) is 18.3 Å². The number of amides is 2. The summed E-state index contributed by atoms with van der Waals surface area (Å²) in [7, 11) is 0. The summed E-state index contributed by atoms with van der Waals surface area (Å²) < 4.78 is 48.6. The van der Waals surface area contributed by atoms with Crippen LogP contribution in [-0.2, 0) is 15.7 Å². The predicted octanol–water partition coefficient (Wildman–Crippen LogP) is 6.20. The molecule has 238 valence electrons. The van der Waals surface area contributed by atoms with E-state index in [2.05, 4.69) is 15.1 Å². The van der Waals surface area contributed by atoms with E-state index < -0.39 is 35.6 Å². The number of carbonyl (C=O) groups is 2. The quantitative estimate of drug-likeness (QED) is 0.330. The van der Waals surface area contributed by atoms with E-state index in [-0.39, 0.29) is 22.1 Å². The van der Waals surface area contributed by atoms with E-state index in [1.807, 2.05) is 4.90 Å². The summed E-state index contributed by atoms with van der Waals surface area (Å²) >= 11 is 12.4. The molecule has 0 bridgehead atoms. The molecule has 2 atom stereocenters. The monoisotopic (exact) mass is 655 g/mol. The zero-order valence-corrected chi connectivity index (χ0v) is 26.4. The molecule has 2 aliphatic rings. The number of aromatic nitrogens is 4. The number of carbonyl (C=O) groups excluding carboxylic acids is 2. The number of likely N-dealkylation sites (tertiary alicyclic amines) is 1.